The molecule has 0 aliphatic carbocycles. The van der Waals surface area contributed by atoms with Gasteiger partial charge in [-0.25, -0.2) is 0 Å². The molecular weight excluding hydrogens is 91.0 g/mol. The maximum absolute atomic E-state index is 2.17. The van der Waals surface area contributed by atoms with Crippen LogP contribution in [-0.4, -0.2) is 0 Å². The van der Waals surface area contributed by atoms with Gasteiger partial charge in [-0.3, -0.25) is 0 Å². The van der Waals surface area contributed by atoms with Crippen LogP contribution in [0.25, 0.3) is 0 Å². The molecule has 0 saturated carbocycles. The minimum atomic E-state index is 1.13. The average molecular weight is 97.1 g/mol. The van der Waals surface area contributed by atoms with Gasteiger partial charge in [-0.2, -0.15) is 0 Å². The highest BCUT2D eigenvalue weighted by Crippen LogP contribution is 2.17. The van der Waals surface area contributed by atoms with Crippen molar-refractivity contribution in [1.82, 2.24) is 0 Å². The van der Waals surface area contributed by atoms with E-state index in [0.717, 1.165) is 6.42 Å². The van der Waals surface area contributed by atoms with Crippen LogP contribution in [0.15, 0.2) is 23.8 Å². The highest BCUT2D eigenvalue weighted by atomic mass is 31.1. The molecule has 1 heteroatoms. The smallest absolute Gasteiger partial charge is 0.0162 e. The molecule has 0 aromatic heterocycles. The van der Waals surface area contributed by atoms with E-state index >= 15 is 0 Å². The van der Waals surface area contributed by atoms with Crippen LogP contribution in [0.3, 0.4) is 0 Å². The maximum atomic E-state index is 2.17. The van der Waals surface area contributed by atoms with Crippen molar-refractivity contribution in [3.8, 4) is 0 Å². The summed E-state index contributed by atoms with van der Waals surface area (Å²) in [5, 5.41) is 0. The highest BCUT2D eigenvalue weighted by molar-refractivity contribution is 7.45. The van der Waals surface area contributed by atoms with Crippen LogP contribution in [0, 0.1) is 0 Å². The lowest BCUT2D eigenvalue weighted by atomic mass is 10.4. The largest absolute Gasteiger partial charge is 0.0796 e. The monoisotopic (exact) mass is 97.0 g/mol. The first-order valence-electron chi connectivity index (χ1n) is 2.00. The van der Waals surface area contributed by atoms with E-state index in [0.29, 0.717) is 0 Å². The van der Waals surface area contributed by atoms with E-state index in [1.807, 2.05) is 0 Å². The summed E-state index contributed by atoms with van der Waals surface area (Å²) in [6.45, 7) is 0. The molecule has 0 fully saturated rings. The first kappa shape index (κ1) is 4.08. The summed E-state index contributed by atoms with van der Waals surface area (Å²) in [6, 6.07) is 0. The summed E-state index contributed by atoms with van der Waals surface area (Å²) in [5.41, 5.74) is 0. The topological polar surface area (TPSA) is 0 Å². The van der Waals surface area contributed by atoms with Gasteiger partial charge in [-0.1, -0.05) is 23.8 Å². The second-order valence-electron chi connectivity index (χ2n) is 1.15. The summed E-state index contributed by atoms with van der Waals surface area (Å²) in [6.07, 6.45) is 5.47. The molecule has 1 radical (unpaired) electrons. The van der Waals surface area contributed by atoms with Gasteiger partial charge in [-0.15, -0.1) is 0 Å². The number of hydrogen-bond acceptors (Lipinski definition) is 0. The molecule has 0 aromatic rings. The fourth-order valence-electron chi connectivity index (χ4n) is 0.372. The van der Waals surface area contributed by atoms with E-state index in [-0.39, 0.29) is 0 Å². The quantitative estimate of drug-likeness (QED) is 0.407. The van der Waals surface area contributed by atoms with Crippen molar-refractivity contribution in [3.05, 3.63) is 23.8 Å². The Morgan fingerprint density at radius 2 is 1.83 bits per heavy atom. The van der Waals surface area contributed by atoms with E-state index in [4.69, 9.17) is 0 Å². The van der Waals surface area contributed by atoms with Crippen molar-refractivity contribution in [1.29, 1.82) is 0 Å². The van der Waals surface area contributed by atoms with Crippen LogP contribution in [0.4, 0.5) is 0 Å². The highest BCUT2D eigenvalue weighted by Gasteiger charge is 1.76. The van der Waals surface area contributed by atoms with Crippen LogP contribution in [0.1, 0.15) is 6.42 Å². The molecule has 0 N–H and O–H groups in total. The second-order valence-corrected chi connectivity index (χ2v) is 2.05. The molecule has 0 unspecified atom stereocenters. The standard InChI is InChI=1S/C5H6P/c1-2-4-6-5-3-1/h2-5H,1H2. The lowest BCUT2D eigenvalue weighted by Gasteiger charge is -1.86. The molecule has 1 rings (SSSR count). The number of hydrogen-bond donors (Lipinski definition) is 0. The van der Waals surface area contributed by atoms with Crippen molar-refractivity contribution in [2.75, 3.05) is 0 Å². The third-order valence-corrected chi connectivity index (χ3v) is 1.42. The molecule has 0 amide bonds. The molecule has 0 bridgehead atoms. The van der Waals surface area contributed by atoms with E-state index in [9.17, 15) is 0 Å². The molecule has 0 atom stereocenters. The van der Waals surface area contributed by atoms with Crippen molar-refractivity contribution in [3.63, 3.8) is 0 Å². The van der Waals surface area contributed by atoms with Gasteiger partial charge in [0.1, 0.15) is 0 Å². The molecule has 0 nitrogen and oxygen atoms in total. The van der Waals surface area contributed by atoms with Crippen LogP contribution in [-0.2, 0) is 0 Å². The van der Waals surface area contributed by atoms with E-state index in [1.165, 1.54) is 8.58 Å². The zero-order valence-corrected chi connectivity index (χ0v) is 4.36. The van der Waals surface area contributed by atoms with E-state index < -0.39 is 0 Å². The van der Waals surface area contributed by atoms with Gasteiger partial charge in [0.2, 0.25) is 0 Å². The van der Waals surface area contributed by atoms with Gasteiger partial charge in [0, 0.05) is 0 Å². The molecule has 1 heterocycles. The summed E-state index contributed by atoms with van der Waals surface area (Å²) < 4.78 is 0. The zero-order chi connectivity index (χ0) is 4.24. The van der Waals surface area contributed by atoms with Gasteiger partial charge in [0.25, 0.3) is 0 Å². The predicted molar refractivity (Wildman–Crippen MR) is 29.8 cm³/mol. The summed E-state index contributed by atoms with van der Waals surface area (Å²) in [5.74, 6) is 4.31. The minimum absolute atomic E-state index is 1.13. The van der Waals surface area contributed by atoms with Crippen molar-refractivity contribution < 1.29 is 0 Å². The lowest BCUT2D eigenvalue weighted by Crippen LogP contribution is -1.57. The third kappa shape index (κ3) is 0.948. The Kier molecular flexibility index (Phi) is 1.46. The molecule has 6 heavy (non-hydrogen) atoms. The Labute approximate surface area is 39.7 Å². The van der Waals surface area contributed by atoms with Crippen LogP contribution < -0.4 is 0 Å². The van der Waals surface area contributed by atoms with Gasteiger partial charge >= 0.3 is 0 Å². The molecule has 1 aliphatic heterocycles. The molecule has 31 valence electrons. The van der Waals surface area contributed by atoms with Crippen LogP contribution >= 0.6 is 8.58 Å². The van der Waals surface area contributed by atoms with Gasteiger partial charge in [0.15, 0.2) is 0 Å². The fraction of sp³-hybridized carbons (Fsp3) is 0.200. The second kappa shape index (κ2) is 2.15. The van der Waals surface area contributed by atoms with E-state index in [2.05, 4.69) is 23.8 Å². The fourth-order valence-corrected chi connectivity index (χ4v) is 0.958. The van der Waals surface area contributed by atoms with Crippen LogP contribution in [0.5, 0.6) is 0 Å². The molecular formula is C5H6P. The Morgan fingerprint density at radius 3 is 2.00 bits per heavy atom. The Balaban J connectivity index is 2.40. The van der Waals surface area contributed by atoms with Crippen molar-refractivity contribution in [2.45, 2.75) is 6.42 Å². The van der Waals surface area contributed by atoms with Gasteiger partial charge in [-0.05, 0) is 15.0 Å². The van der Waals surface area contributed by atoms with Gasteiger partial charge < -0.3 is 0 Å². The summed E-state index contributed by atoms with van der Waals surface area (Å²) in [7, 11) is 1.34. The summed E-state index contributed by atoms with van der Waals surface area (Å²) in [4.78, 5) is 0. The van der Waals surface area contributed by atoms with E-state index in [1.54, 1.807) is 0 Å². The minimum Gasteiger partial charge on any atom is -0.0796 e. The lowest BCUT2D eigenvalue weighted by molar-refractivity contribution is 1.41. The van der Waals surface area contributed by atoms with Gasteiger partial charge in [0.05, 0.1) is 0 Å². The van der Waals surface area contributed by atoms with Crippen LogP contribution in [0.2, 0.25) is 0 Å². The average Bonchev–Trinajstić information content (AvgIpc) is 1.72. The molecule has 0 aromatic carbocycles. The number of rotatable bonds is 0. The van der Waals surface area contributed by atoms with Crippen molar-refractivity contribution in [2.24, 2.45) is 0 Å². The predicted octanol–water partition coefficient (Wildman–Crippen LogP) is 2.36. The maximum Gasteiger partial charge on any atom is -0.0162 e. The molecule has 0 saturated heterocycles. The Morgan fingerprint density at radius 1 is 1.17 bits per heavy atom. The first-order valence-corrected chi connectivity index (χ1v) is 3.03. The zero-order valence-electron chi connectivity index (χ0n) is 3.46. The normalized spacial score (nSPS) is 18.7. The number of allylic oxidation sites excluding steroid dienone is 2. The molecule has 0 spiro atoms. The molecule has 1 aliphatic rings. The Bertz CT molecular complexity index is 61.9. The van der Waals surface area contributed by atoms with Crippen molar-refractivity contribution >= 4 is 8.58 Å². The SMILES string of the molecule is C1=C[P]C=CC1. The first-order chi connectivity index (χ1) is 3.00. The summed E-state index contributed by atoms with van der Waals surface area (Å²) >= 11 is 0. The third-order valence-electron chi connectivity index (χ3n) is 0.655. The Hall–Kier alpha value is -0.0900.